The first-order valence-electron chi connectivity index (χ1n) is 9.16. The predicted octanol–water partition coefficient (Wildman–Crippen LogP) is 3.13. The molecule has 1 aromatic carbocycles. The highest BCUT2D eigenvalue weighted by molar-refractivity contribution is 6.43. The molecule has 2 N–H and O–H groups in total. The standard InChI is InChI=1S/C21H26N2O5/c1-6-28-21(26)16-13(4)23-18(19(24)20(25)22-11-12(2)3)17(16)14-7-9-15(27-5)10-8-14/h7-10,12,23H,6,11H2,1-5H3,(H,22,25). The van der Waals surface area contributed by atoms with Crippen LogP contribution in [0.4, 0.5) is 0 Å². The molecule has 150 valence electrons. The maximum absolute atomic E-state index is 12.8. The smallest absolute Gasteiger partial charge is 0.340 e. The zero-order valence-corrected chi connectivity index (χ0v) is 16.8. The molecule has 0 fully saturated rings. The summed E-state index contributed by atoms with van der Waals surface area (Å²) in [5.74, 6) is -1.16. The lowest BCUT2D eigenvalue weighted by atomic mass is 9.98. The van der Waals surface area contributed by atoms with E-state index in [-0.39, 0.29) is 23.8 Å². The third-order valence-corrected chi connectivity index (χ3v) is 4.15. The summed E-state index contributed by atoms with van der Waals surface area (Å²) in [5, 5.41) is 2.62. The van der Waals surface area contributed by atoms with E-state index >= 15 is 0 Å². The number of aromatic amines is 1. The summed E-state index contributed by atoms with van der Waals surface area (Å²) in [6.45, 7) is 7.83. The largest absolute Gasteiger partial charge is 0.497 e. The van der Waals surface area contributed by atoms with E-state index in [1.165, 1.54) is 0 Å². The van der Waals surface area contributed by atoms with Crippen molar-refractivity contribution >= 4 is 17.7 Å². The van der Waals surface area contributed by atoms with Crippen LogP contribution < -0.4 is 10.1 Å². The fraction of sp³-hybridized carbons (Fsp3) is 0.381. The highest BCUT2D eigenvalue weighted by atomic mass is 16.5. The SMILES string of the molecule is CCOC(=O)c1c(C)[nH]c(C(=O)C(=O)NCC(C)C)c1-c1ccc(OC)cc1. The van der Waals surface area contributed by atoms with Crippen LogP contribution in [0, 0.1) is 12.8 Å². The van der Waals surface area contributed by atoms with Crippen molar-refractivity contribution in [1.82, 2.24) is 10.3 Å². The summed E-state index contributed by atoms with van der Waals surface area (Å²) >= 11 is 0. The fourth-order valence-corrected chi connectivity index (χ4v) is 2.79. The van der Waals surface area contributed by atoms with Crippen LogP contribution in [0.25, 0.3) is 11.1 Å². The average Bonchev–Trinajstić information content (AvgIpc) is 3.02. The van der Waals surface area contributed by atoms with E-state index in [4.69, 9.17) is 9.47 Å². The number of rotatable bonds is 8. The number of benzene rings is 1. The lowest BCUT2D eigenvalue weighted by Crippen LogP contribution is -2.34. The Balaban J connectivity index is 2.55. The monoisotopic (exact) mass is 386 g/mol. The van der Waals surface area contributed by atoms with E-state index in [9.17, 15) is 14.4 Å². The van der Waals surface area contributed by atoms with Crippen molar-refractivity contribution in [3.63, 3.8) is 0 Å². The molecule has 7 heteroatoms. The summed E-state index contributed by atoms with van der Waals surface area (Å²) in [6, 6.07) is 6.90. The molecule has 2 rings (SSSR count). The molecule has 0 saturated carbocycles. The van der Waals surface area contributed by atoms with Crippen molar-refractivity contribution in [2.24, 2.45) is 5.92 Å². The number of ketones is 1. The zero-order valence-electron chi connectivity index (χ0n) is 16.8. The van der Waals surface area contributed by atoms with E-state index < -0.39 is 17.7 Å². The molecule has 0 spiro atoms. The zero-order chi connectivity index (χ0) is 20.8. The molecule has 28 heavy (non-hydrogen) atoms. The van der Waals surface area contributed by atoms with Gasteiger partial charge in [0, 0.05) is 17.8 Å². The third kappa shape index (κ3) is 4.60. The van der Waals surface area contributed by atoms with Crippen molar-refractivity contribution in [3.8, 4) is 16.9 Å². The maximum Gasteiger partial charge on any atom is 0.340 e. The van der Waals surface area contributed by atoms with Crippen LogP contribution in [0.3, 0.4) is 0 Å². The Bertz CT molecular complexity index is 866. The Labute approximate surface area is 164 Å². The highest BCUT2D eigenvalue weighted by Gasteiger charge is 2.29. The first-order valence-corrected chi connectivity index (χ1v) is 9.16. The third-order valence-electron chi connectivity index (χ3n) is 4.15. The average molecular weight is 386 g/mol. The van der Waals surface area contributed by atoms with E-state index in [1.807, 2.05) is 13.8 Å². The molecule has 0 aliphatic rings. The molecule has 0 aliphatic carbocycles. The number of hydrogen-bond acceptors (Lipinski definition) is 5. The number of esters is 1. The van der Waals surface area contributed by atoms with Gasteiger partial charge in [0.25, 0.3) is 11.7 Å². The van der Waals surface area contributed by atoms with Gasteiger partial charge in [0.2, 0.25) is 0 Å². The molecule has 0 bridgehead atoms. The number of carbonyl (C=O) groups excluding carboxylic acids is 3. The lowest BCUT2D eigenvalue weighted by Gasteiger charge is -2.10. The Kier molecular flexibility index (Phi) is 6.98. The van der Waals surface area contributed by atoms with Gasteiger partial charge < -0.3 is 19.8 Å². The van der Waals surface area contributed by atoms with E-state index in [0.29, 0.717) is 29.1 Å². The second-order valence-electron chi connectivity index (χ2n) is 6.76. The van der Waals surface area contributed by atoms with Gasteiger partial charge in [-0.1, -0.05) is 26.0 Å². The molecule has 1 amide bonds. The second kappa shape index (κ2) is 9.21. The number of aryl methyl sites for hydroxylation is 1. The maximum atomic E-state index is 12.8. The number of amides is 1. The topological polar surface area (TPSA) is 97.5 Å². The Morgan fingerprint density at radius 1 is 1.14 bits per heavy atom. The molecule has 1 aromatic heterocycles. The number of H-pyrrole nitrogens is 1. The highest BCUT2D eigenvalue weighted by Crippen LogP contribution is 2.32. The van der Waals surface area contributed by atoms with Gasteiger partial charge in [-0.05, 0) is 37.5 Å². The van der Waals surface area contributed by atoms with Gasteiger partial charge >= 0.3 is 5.97 Å². The van der Waals surface area contributed by atoms with E-state index in [0.717, 1.165) is 0 Å². The molecule has 2 aromatic rings. The minimum atomic E-state index is -0.731. The number of methoxy groups -OCH3 is 1. The van der Waals surface area contributed by atoms with Crippen LogP contribution in [0.1, 0.15) is 47.3 Å². The Morgan fingerprint density at radius 2 is 1.79 bits per heavy atom. The van der Waals surface area contributed by atoms with Crippen molar-refractivity contribution in [2.75, 3.05) is 20.3 Å². The second-order valence-corrected chi connectivity index (χ2v) is 6.76. The van der Waals surface area contributed by atoms with Gasteiger partial charge in [0.05, 0.1) is 19.3 Å². The van der Waals surface area contributed by atoms with Gasteiger partial charge in [-0.15, -0.1) is 0 Å². The van der Waals surface area contributed by atoms with Crippen LogP contribution in [-0.2, 0) is 9.53 Å². The molecule has 0 radical (unpaired) electrons. The molecule has 0 saturated heterocycles. The summed E-state index contributed by atoms with van der Waals surface area (Å²) in [7, 11) is 1.55. The van der Waals surface area contributed by atoms with Crippen molar-refractivity contribution in [3.05, 3.63) is 41.2 Å². The van der Waals surface area contributed by atoms with Crippen LogP contribution in [0.5, 0.6) is 5.75 Å². The van der Waals surface area contributed by atoms with Crippen molar-refractivity contribution in [2.45, 2.75) is 27.7 Å². The van der Waals surface area contributed by atoms with Crippen molar-refractivity contribution < 1.29 is 23.9 Å². The molecule has 1 heterocycles. The van der Waals surface area contributed by atoms with E-state index in [1.54, 1.807) is 45.2 Å². The van der Waals surface area contributed by atoms with Gasteiger partial charge in [0.1, 0.15) is 11.4 Å². The summed E-state index contributed by atoms with van der Waals surface area (Å²) in [6.07, 6.45) is 0. The predicted molar refractivity (Wildman–Crippen MR) is 106 cm³/mol. The van der Waals surface area contributed by atoms with Crippen LogP contribution in [0.15, 0.2) is 24.3 Å². The molecule has 0 unspecified atom stereocenters. The number of aromatic nitrogens is 1. The van der Waals surface area contributed by atoms with Gasteiger partial charge in [0.15, 0.2) is 0 Å². The van der Waals surface area contributed by atoms with Crippen LogP contribution >= 0.6 is 0 Å². The number of nitrogens with one attached hydrogen (secondary N) is 2. The summed E-state index contributed by atoms with van der Waals surface area (Å²) < 4.78 is 10.3. The number of hydrogen-bond donors (Lipinski definition) is 2. The molecule has 0 atom stereocenters. The number of Topliss-reactive ketones (excluding diaryl/α,β-unsaturated/α-hetero) is 1. The normalized spacial score (nSPS) is 10.6. The molecular weight excluding hydrogens is 360 g/mol. The van der Waals surface area contributed by atoms with Crippen LogP contribution in [0.2, 0.25) is 0 Å². The Morgan fingerprint density at radius 3 is 2.32 bits per heavy atom. The quantitative estimate of drug-likeness (QED) is 0.413. The van der Waals surface area contributed by atoms with Crippen LogP contribution in [-0.4, -0.2) is 42.9 Å². The molecular formula is C21H26N2O5. The number of ether oxygens (including phenoxy) is 2. The van der Waals surface area contributed by atoms with Crippen molar-refractivity contribution in [1.29, 1.82) is 0 Å². The fourth-order valence-electron chi connectivity index (χ4n) is 2.79. The minimum absolute atomic E-state index is 0.0620. The Hall–Kier alpha value is -3.09. The summed E-state index contributed by atoms with van der Waals surface area (Å²) in [5.41, 5.74) is 1.72. The molecule has 7 nitrogen and oxygen atoms in total. The molecule has 0 aliphatic heterocycles. The summed E-state index contributed by atoms with van der Waals surface area (Å²) in [4.78, 5) is 40.6. The van der Waals surface area contributed by atoms with E-state index in [2.05, 4.69) is 10.3 Å². The minimum Gasteiger partial charge on any atom is -0.497 e. The van der Waals surface area contributed by atoms with Gasteiger partial charge in [-0.3, -0.25) is 9.59 Å². The lowest BCUT2D eigenvalue weighted by molar-refractivity contribution is -0.117. The number of carbonyl (C=O) groups is 3. The first-order chi connectivity index (χ1) is 13.3. The van der Waals surface area contributed by atoms with Gasteiger partial charge in [-0.2, -0.15) is 0 Å². The van der Waals surface area contributed by atoms with Gasteiger partial charge in [-0.25, -0.2) is 4.79 Å². The first kappa shape index (κ1) is 21.2.